The summed E-state index contributed by atoms with van der Waals surface area (Å²) in [6.07, 6.45) is 0. The molecule has 0 bridgehead atoms. The summed E-state index contributed by atoms with van der Waals surface area (Å²) < 4.78 is 6.10. The number of aromatic nitrogens is 2. The monoisotopic (exact) mass is 321 g/mol. The largest absolute Gasteiger partial charge is 0.496 e. The molecular weight excluding hydrogens is 306 g/mol. The van der Waals surface area contributed by atoms with Crippen LogP contribution in [0.25, 0.3) is 11.4 Å². The fraction of sp³-hybridized carbons (Fsp3) is 0.286. The van der Waals surface area contributed by atoms with Gasteiger partial charge in [-0.15, -0.1) is 0 Å². The summed E-state index contributed by atoms with van der Waals surface area (Å²) in [7, 11) is 1.64. The van der Waals surface area contributed by atoms with Crippen molar-refractivity contribution < 1.29 is 4.74 Å². The lowest BCUT2D eigenvalue weighted by molar-refractivity contribution is 0.412. The van der Waals surface area contributed by atoms with Gasteiger partial charge in [0.05, 0.1) is 11.6 Å². The van der Waals surface area contributed by atoms with Gasteiger partial charge in [0.15, 0.2) is 5.82 Å². The molecule has 0 unspecified atom stereocenters. The molecule has 2 N–H and O–H groups in total. The summed E-state index contributed by atoms with van der Waals surface area (Å²) in [6.45, 7) is 4.38. The average Bonchev–Trinajstić information content (AvgIpc) is 2.38. The number of halogens is 1. The van der Waals surface area contributed by atoms with Gasteiger partial charge in [-0.3, -0.25) is 0 Å². The number of nitrogens with two attached hydrogens (primary N) is 1. The third-order valence-electron chi connectivity index (χ3n) is 3.03. The van der Waals surface area contributed by atoms with E-state index in [1.807, 2.05) is 32.0 Å². The van der Waals surface area contributed by atoms with E-state index in [-0.39, 0.29) is 0 Å². The summed E-state index contributed by atoms with van der Waals surface area (Å²) in [6, 6.07) is 5.79. The van der Waals surface area contributed by atoms with Crippen LogP contribution >= 0.6 is 15.9 Å². The number of hydrogen-bond acceptors (Lipinski definition) is 4. The maximum absolute atomic E-state index is 5.70. The van der Waals surface area contributed by atoms with E-state index in [1.165, 1.54) is 0 Å². The Kier molecular flexibility index (Phi) is 4.17. The predicted octanol–water partition coefficient (Wildman–Crippen LogP) is 2.99. The van der Waals surface area contributed by atoms with Crippen LogP contribution < -0.4 is 10.5 Å². The minimum atomic E-state index is 0.463. The van der Waals surface area contributed by atoms with Crippen LogP contribution in [0.2, 0.25) is 0 Å². The average molecular weight is 322 g/mol. The van der Waals surface area contributed by atoms with Gasteiger partial charge in [-0.25, -0.2) is 9.97 Å². The Morgan fingerprint density at radius 2 is 1.84 bits per heavy atom. The highest BCUT2D eigenvalue weighted by Crippen LogP contribution is 2.29. The topological polar surface area (TPSA) is 61.0 Å². The van der Waals surface area contributed by atoms with E-state index >= 15 is 0 Å². The van der Waals surface area contributed by atoms with Crippen molar-refractivity contribution in [1.29, 1.82) is 0 Å². The molecular formula is C14H16BrN3O. The first kappa shape index (κ1) is 14.0. The van der Waals surface area contributed by atoms with E-state index in [1.54, 1.807) is 7.11 Å². The van der Waals surface area contributed by atoms with E-state index in [9.17, 15) is 0 Å². The van der Waals surface area contributed by atoms with E-state index in [0.29, 0.717) is 12.4 Å². The van der Waals surface area contributed by atoms with Gasteiger partial charge < -0.3 is 10.5 Å². The molecule has 0 saturated carbocycles. The van der Waals surface area contributed by atoms with Gasteiger partial charge in [-0.1, -0.05) is 0 Å². The summed E-state index contributed by atoms with van der Waals surface area (Å²) in [5.41, 5.74) is 9.51. The van der Waals surface area contributed by atoms with Crippen molar-refractivity contribution in [3.05, 3.63) is 39.6 Å². The molecule has 0 aliphatic carbocycles. The molecule has 100 valence electrons. The first-order valence-electron chi connectivity index (χ1n) is 5.95. The van der Waals surface area contributed by atoms with Crippen molar-refractivity contribution in [1.82, 2.24) is 9.97 Å². The van der Waals surface area contributed by atoms with Gasteiger partial charge >= 0.3 is 0 Å². The second-order valence-electron chi connectivity index (χ2n) is 4.25. The number of methoxy groups -OCH3 is 1. The number of ether oxygens (including phenoxy) is 1. The molecule has 19 heavy (non-hydrogen) atoms. The SMILES string of the molecule is COc1ccc(-c2nc(C)c(CN)c(C)n2)cc1Br. The lowest BCUT2D eigenvalue weighted by atomic mass is 10.1. The fourth-order valence-corrected chi connectivity index (χ4v) is 2.51. The molecule has 1 aromatic carbocycles. The molecule has 0 aliphatic heterocycles. The van der Waals surface area contributed by atoms with Crippen LogP contribution in [0.5, 0.6) is 5.75 Å². The van der Waals surface area contributed by atoms with E-state index < -0.39 is 0 Å². The van der Waals surface area contributed by atoms with Crippen LogP contribution in [0.15, 0.2) is 22.7 Å². The van der Waals surface area contributed by atoms with Crippen molar-refractivity contribution in [2.75, 3.05) is 7.11 Å². The number of nitrogens with zero attached hydrogens (tertiary/aromatic N) is 2. The van der Waals surface area contributed by atoms with Gasteiger partial charge in [-0.2, -0.15) is 0 Å². The van der Waals surface area contributed by atoms with Crippen LogP contribution in [-0.4, -0.2) is 17.1 Å². The van der Waals surface area contributed by atoms with Crippen LogP contribution in [0, 0.1) is 13.8 Å². The molecule has 5 heteroatoms. The molecule has 2 aromatic rings. The van der Waals surface area contributed by atoms with Crippen molar-refractivity contribution in [3.63, 3.8) is 0 Å². The van der Waals surface area contributed by atoms with Crippen molar-refractivity contribution in [2.45, 2.75) is 20.4 Å². The van der Waals surface area contributed by atoms with Gasteiger partial charge in [0, 0.05) is 29.1 Å². The Hall–Kier alpha value is -1.46. The highest BCUT2D eigenvalue weighted by Gasteiger charge is 2.10. The van der Waals surface area contributed by atoms with Gasteiger partial charge in [0.2, 0.25) is 0 Å². The summed E-state index contributed by atoms with van der Waals surface area (Å²) in [5.74, 6) is 1.49. The molecule has 0 amide bonds. The second kappa shape index (κ2) is 5.67. The van der Waals surface area contributed by atoms with E-state index in [0.717, 1.165) is 32.7 Å². The normalized spacial score (nSPS) is 10.6. The highest BCUT2D eigenvalue weighted by molar-refractivity contribution is 9.10. The zero-order valence-electron chi connectivity index (χ0n) is 11.2. The molecule has 1 aromatic heterocycles. The second-order valence-corrected chi connectivity index (χ2v) is 5.10. The maximum Gasteiger partial charge on any atom is 0.159 e. The molecule has 0 fully saturated rings. The first-order chi connectivity index (χ1) is 9.06. The third-order valence-corrected chi connectivity index (χ3v) is 3.65. The number of hydrogen-bond donors (Lipinski definition) is 1. The molecule has 0 radical (unpaired) electrons. The molecule has 0 saturated heterocycles. The van der Waals surface area contributed by atoms with Crippen molar-refractivity contribution in [2.24, 2.45) is 5.73 Å². The van der Waals surface area contributed by atoms with Crippen molar-refractivity contribution >= 4 is 15.9 Å². The Morgan fingerprint density at radius 1 is 1.21 bits per heavy atom. The fourth-order valence-electron chi connectivity index (χ4n) is 1.97. The molecule has 2 rings (SSSR count). The molecule has 1 heterocycles. The number of rotatable bonds is 3. The van der Waals surface area contributed by atoms with Gasteiger partial charge in [0.1, 0.15) is 5.75 Å². The summed E-state index contributed by atoms with van der Waals surface area (Å²) in [4.78, 5) is 9.04. The molecule has 4 nitrogen and oxygen atoms in total. The lowest BCUT2D eigenvalue weighted by Gasteiger charge is -2.10. The Bertz CT molecular complexity index is 591. The maximum atomic E-state index is 5.70. The van der Waals surface area contributed by atoms with Gasteiger partial charge in [0.25, 0.3) is 0 Å². The Labute approximate surface area is 121 Å². The zero-order valence-corrected chi connectivity index (χ0v) is 12.8. The quantitative estimate of drug-likeness (QED) is 0.944. The van der Waals surface area contributed by atoms with Crippen LogP contribution in [0.3, 0.4) is 0 Å². The van der Waals surface area contributed by atoms with Gasteiger partial charge in [-0.05, 0) is 48.0 Å². The zero-order chi connectivity index (χ0) is 14.0. The van der Waals surface area contributed by atoms with Crippen LogP contribution in [-0.2, 0) is 6.54 Å². The summed E-state index contributed by atoms with van der Waals surface area (Å²) >= 11 is 3.47. The molecule has 0 spiro atoms. The first-order valence-corrected chi connectivity index (χ1v) is 6.74. The van der Waals surface area contributed by atoms with Crippen LogP contribution in [0.4, 0.5) is 0 Å². The smallest absolute Gasteiger partial charge is 0.159 e. The molecule has 0 atom stereocenters. The summed E-state index contributed by atoms with van der Waals surface area (Å²) in [5, 5.41) is 0. The lowest BCUT2D eigenvalue weighted by Crippen LogP contribution is -2.07. The standard InChI is InChI=1S/C14H16BrN3O/c1-8-11(7-16)9(2)18-14(17-8)10-4-5-13(19-3)12(15)6-10/h4-6H,7,16H2,1-3H3. The van der Waals surface area contributed by atoms with E-state index in [2.05, 4.69) is 25.9 Å². The highest BCUT2D eigenvalue weighted by atomic mass is 79.9. The predicted molar refractivity (Wildman–Crippen MR) is 79.1 cm³/mol. The minimum Gasteiger partial charge on any atom is -0.496 e. The van der Waals surface area contributed by atoms with E-state index in [4.69, 9.17) is 10.5 Å². The third kappa shape index (κ3) is 2.77. The Balaban J connectivity index is 2.50. The number of benzene rings is 1. The van der Waals surface area contributed by atoms with Crippen molar-refractivity contribution in [3.8, 4) is 17.1 Å². The number of aryl methyl sites for hydroxylation is 2. The molecule has 0 aliphatic rings. The Morgan fingerprint density at radius 3 is 2.32 bits per heavy atom. The minimum absolute atomic E-state index is 0.463. The van der Waals surface area contributed by atoms with Crippen LogP contribution in [0.1, 0.15) is 17.0 Å².